The largest absolute Gasteiger partial charge is 0.341 e. The van der Waals surface area contributed by atoms with Crippen LogP contribution in [0.4, 0.5) is 0 Å². The van der Waals surface area contributed by atoms with Gasteiger partial charge in [-0.2, -0.15) is 0 Å². The quantitative estimate of drug-likeness (QED) is 0.700. The molecule has 1 aromatic carbocycles. The Morgan fingerprint density at radius 3 is 2.80 bits per heavy atom. The molecular weight excluding hydrogens is 246 g/mol. The lowest BCUT2D eigenvalue weighted by Crippen LogP contribution is -2.08. The van der Waals surface area contributed by atoms with Gasteiger partial charge in [0, 0.05) is 18.4 Å². The zero-order valence-corrected chi connectivity index (χ0v) is 12.4. The molecule has 0 amide bonds. The van der Waals surface area contributed by atoms with Gasteiger partial charge in [-0.3, -0.25) is 0 Å². The third kappa shape index (κ3) is 2.13. The van der Waals surface area contributed by atoms with E-state index in [9.17, 15) is 0 Å². The normalized spacial score (nSPS) is 11.6. The van der Waals surface area contributed by atoms with E-state index in [0.717, 1.165) is 13.0 Å². The third-order valence-electron chi connectivity index (χ3n) is 3.89. The molecule has 0 atom stereocenters. The van der Waals surface area contributed by atoms with Gasteiger partial charge in [0.25, 0.3) is 0 Å². The molecule has 0 saturated carbocycles. The molecule has 0 N–H and O–H groups in total. The van der Waals surface area contributed by atoms with Gasteiger partial charge in [-0.1, -0.05) is 25.1 Å². The molecule has 20 heavy (non-hydrogen) atoms. The van der Waals surface area contributed by atoms with E-state index < -0.39 is 0 Å². The van der Waals surface area contributed by atoms with Crippen LogP contribution in [0, 0.1) is 0 Å². The molecule has 0 aliphatic heterocycles. The van der Waals surface area contributed by atoms with E-state index in [1.54, 1.807) is 0 Å². The fourth-order valence-electron chi connectivity index (χ4n) is 2.85. The van der Waals surface area contributed by atoms with Crippen molar-refractivity contribution in [3.8, 4) is 0 Å². The molecule has 0 unspecified atom stereocenters. The second-order valence-electron chi connectivity index (χ2n) is 5.54. The highest BCUT2D eigenvalue weighted by atomic mass is 15.1. The predicted octanol–water partition coefficient (Wildman–Crippen LogP) is 4.03. The van der Waals surface area contributed by atoms with Crippen molar-refractivity contribution in [1.29, 1.82) is 0 Å². The standard InChI is InChI=1S/C17H21N3/c1-4-14-6-5-7-15-8-9-19(17(14)15)11-16-10-18-12-20(16)13(2)3/h5-10,12-13H,4,11H2,1-3H3. The van der Waals surface area contributed by atoms with Crippen LogP contribution in [0.15, 0.2) is 43.0 Å². The Balaban J connectivity index is 2.05. The fraction of sp³-hybridized carbons (Fsp3) is 0.353. The molecule has 104 valence electrons. The number of aryl methyl sites for hydroxylation is 1. The predicted molar refractivity (Wildman–Crippen MR) is 83.0 cm³/mol. The highest BCUT2D eigenvalue weighted by Crippen LogP contribution is 2.22. The van der Waals surface area contributed by atoms with Crippen LogP contribution in [0.25, 0.3) is 10.9 Å². The lowest BCUT2D eigenvalue weighted by Gasteiger charge is -2.14. The molecule has 2 aromatic heterocycles. The zero-order valence-electron chi connectivity index (χ0n) is 12.4. The zero-order chi connectivity index (χ0) is 14.1. The Kier molecular flexibility index (Phi) is 3.35. The van der Waals surface area contributed by atoms with Crippen molar-refractivity contribution in [2.24, 2.45) is 0 Å². The van der Waals surface area contributed by atoms with E-state index in [1.165, 1.54) is 22.2 Å². The molecule has 3 heteroatoms. The number of benzene rings is 1. The molecule has 2 heterocycles. The summed E-state index contributed by atoms with van der Waals surface area (Å²) in [4.78, 5) is 4.30. The average Bonchev–Trinajstić information content (AvgIpc) is 3.06. The molecule has 0 aliphatic rings. The van der Waals surface area contributed by atoms with Crippen molar-refractivity contribution in [1.82, 2.24) is 14.1 Å². The Morgan fingerprint density at radius 2 is 2.05 bits per heavy atom. The van der Waals surface area contributed by atoms with Gasteiger partial charge < -0.3 is 9.13 Å². The number of imidazole rings is 1. The molecule has 0 fully saturated rings. The minimum absolute atomic E-state index is 0.444. The number of fused-ring (bicyclic) bond motifs is 1. The highest BCUT2D eigenvalue weighted by Gasteiger charge is 2.09. The van der Waals surface area contributed by atoms with E-state index in [4.69, 9.17) is 0 Å². The molecule has 0 spiro atoms. The molecule has 3 nitrogen and oxygen atoms in total. The second-order valence-corrected chi connectivity index (χ2v) is 5.54. The minimum atomic E-state index is 0.444. The van der Waals surface area contributed by atoms with Crippen molar-refractivity contribution in [2.45, 2.75) is 39.8 Å². The van der Waals surface area contributed by atoms with Gasteiger partial charge in [0.2, 0.25) is 0 Å². The average molecular weight is 267 g/mol. The SMILES string of the molecule is CCc1cccc2ccn(Cc3cncn3C(C)C)c12. The maximum Gasteiger partial charge on any atom is 0.0951 e. The van der Waals surface area contributed by atoms with Crippen LogP contribution in [0.3, 0.4) is 0 Å². The molecular formula is C17H21N3. The van der Waals surface area contributed by atoms with Gasteiger partial charge in [0.15, 0.2) is 0 Å². The third-order valence-corrected chi connectivity index (χ3v) is 3.89. The summed E-state index contributed by atoms with van der Waals surface area (Å²) in [5.74, 6) is 0. The number of rotatable bonds is 4. The van der Waals surface area contributed by atoms with Gasteiger partial charge in [0.1, 0.15) is 0 Å². The number of nitrogens with zero attached hydrogens (tertiary/aromatic N) is 3. The number of hydrogen-bond acceptors (Lipinski definition) is 1. The molecule has 0 saturated heterocycles. The first-order valence-corrected chi connectivity index (χ1v) is 7.28. The minimum Gasteiger partial charge on any atom is -0.341 e. The van der Waals surface area contributed by atoms with Crippen molar-refractivity contribution in [3.05, 3.63) is 54.2 Å². The van der Waals surface area contributed by atoms with E-state index in [0.29, 0.717) is 6.04 Å². The van der Waals surface area contributed by atoms with Crippen LogP contribution in [0.5, 0.6) is 0 Å². The molecule has 3 aromatic rings. The summed E-state index contributed by atoms with van der Waals surface area (Å²) in [6.45, 7) is 7.47. The van der Waals surface area contributed by atoms with Gasteiger partial charge >= 0.3 is 0 Å². The molecule has 0 aliphatic carbocycles. The topological polar surface area (TPSA) is 22.8 Å². The van der Waals surface area contributed by atoms with Crippen LogP contribution in [0.1, 0.15) is 38.1 Å². The number of hydrogen-bond donors (Lipinski definition) is 0. The number of para-hydroxylation sites is 1. The van der Waals surface area contributed by atoms with E-state index >= 15 is 0 Å². The molecule has 3 rings (SSSR count). The Bertz CT molecular complexity index is 719. The first kappa shape index (κ1) is 13.0. The summed E-state index contributed by atoms with van der Waals surface area (Å²) < 4.78 is 4.57. The van der Waals surface area contributed by atoms with Crippen molar-refractivity contribution in [3.63, 3.8) is 0 Å². The van der Waals surface area contributed by atoms with E-state index in [2.05, 4.69) is 65.4 Å². The summed E-state index contributed by atoms with van der Waals surface area (Å²) >= 11 is 0. The van der Waals surface area contributed by atoms with Crippen LogP contribution in [-0.2, 0) is 13.0 Å². The summed E-state index contributed by atoms with van der Waals surface area (Å²) in [6.07, 6.45) is 7.14. The van der Waals surface area contributed by atoms with Crippen molar-refractivity contribution in [2.75, 3.05) is 0 Å². The van der Waals surface area contributed by atoms with Gasteiger partial charge in [-0.15, -0.1) is 0 Å². The summed E-state index contributed by atoms with van der Waals surface area (Å²) in [6, 6.07) is 9.19. The lowest BCUT2D eigenvalue weighted by atomic mass is 10.1. The summed E-state index contributed by atoms with van der Waals surface area (Å²) in [5, 5.41) is 1.32. The van der Waals surface area contributed by atoms with E-state index in [-0.39, 0.29) is 0 Å². The lowest BCUT2D eigenvalue weighted by molar-refractivity contribution is 0.564. The van der Waals surface area contributed by atoms with Crippen LogP contribution in [-0.4, -0.2) is 14.1 Å². The molecule has 0 bridgehead atoms. The van der Waals surface area contributed by atoms with Crippen molar-refractivity contribution >= 4 is 10.9 Å². The van der Waals surface area contributed by atoms with Crippen LogP contribution >= 0.6 is 0 Å². The maximum atomic E-state index is 4.30. The van der Waals surface area contributed by atoms with E-state index in [1.807, 2.05) is 12.5 Å². The highest BCUT2D eigenvalue weighted by molar-refractivity contribution is 5.83. The Labute approximate surface area is 119 Å². The van der Waals surface area contributed by atoms with Crippen LogP contribution in [0.2, 0.25) is 0 Å². The summed E-state index contributed by atoms with van der Waals surface area (Å²) in [7, 11) is 0. The first-order chi connectivity index (χ1) is 9.70. The fourth-order valence-corrected chi connectivity index (χ4v) is 2.85. The van der Waals surface area contributed by atoms with Gasteiger partial charge in [-0.25, -0.2) is 4.98 Å². The van der Waals surface area contributed by atoms with Gasteiger partial charge in [0.05, 0.1) is 24.1 Å². The maximum absolute atomic E-state index is 4.30. The monoisotopic (exact) mass is 267 g/mol. The summed E-state index contributed by atoms with van der Waals surface area (Å²) in [5.41, 5.74) is 4.01. The van der Waals surface area contributed by atoms with Crippen molar-refractivity contribution < 1.29 is 0 Å². The second kappa shape index (κ2) is 5.16. The number of aromatic nitrogens is 3. The molecule has 0 radical (unpaired) electrons. The van der Waals surface area contributed by atoms with Crippen LogP contribution < -0.4 is 0 Å². The Morgan fingerprint density at radius 1 is 1.20 bits per heavy atom. The smallest absolute Gasteiger partial charge is 0.0951 e. The van der Waals surface area contributed by atoms with Gasteiger partial charge in [-0.05, 0) is 37.3 Å². The first-order valence-electron chi connectivity index (χ1n) is 7.28. The Hall–Kier alpha value is -2.03.